The fourth-order valence-corrected chi connectivity index (χ4v) is 0.750. The van der Waals surface area contributed by atoms with Gasteiger partial charge in [0, 0.05) is 0 Å². The lowest BCUT2D eigenvalue weighted by molar-refractivity contribution is 0.205. The van der Waals surface area contributed by atoms with E-state index in [1.165, 1.54) is 4.72 Å². The summed E-state index contributed by atoms with van der Waals surface area (Å²) in [7, 11) is -3.79. The van der Waals surface area contributed by atoms with E-state index in [0.29, 0.717) is 6.40 Å². The first kappa shape index (κ1) is 6.02. The van der Waals surface area contributed by atoms with Crippen LogP contribution in [0.25, 0.3) is 0 Å². The van der Waals surface area contributed by atoms with Crippen molar-refractivity contribution in [3.63, 3.8) is 0 Å². The fourth-order valence-electron chi connectivity index (χ4n) is 0.282. The molecule has 0 fully saturated rings. The van der Waals surface area contributed by atoms with Crippen molar-refractivity contribution in [3.8, 4) is 0 Å². The highest BCUT2D eigenvalue weighted by Gasteiger charge is 2.16. The molecular weight excluding hydrogens is 148 g/mol. The number of nitrogens with zero attached hydrogens (tertiary/aromatic N) is 1. The summed E-state index contributed by atoms with van der Waals surface area (Å²) in [6.45, 7) is 0. The molecule has 1 heterocycles. The molecule has 0 saturated heterocycles. The lowest BCUT2D eigenvalue weighted by Crippen LogP contribution is -2.32. The zero-order valence-electron chi connectivity index (χ0n) is 4.07. The number of amides is 1. The van der Waals surface area contributed by atoms with E-state index in [1.807, 2.05) is 0 Å². The third kappa shape index (κ3) is 1.39. The molecule has 1 rings (SSSR count). The second-order valence-electron chi connectivity index (χ2n) is 1.19. The molecule has 50 valence electrons. The maximum absolute atomic E-state index is 10.3. The van der Waals surface area contributed by atoms with Crippen molar-refractivity contribution in [2.24, 2.45) is 4.40 Å². The van der Waals surface area contributed by atoms with Crippen LogP contribution in [0.2, 0.25) is 0 Å². The quantitative estimate of drug-likeness (QED) is 0.480. The average molecular weight is 150 g/mol. The highest BCUT2D eigenvalue weighted by Crippen LogP contribution is 1.91. The van der Waals surface area contributed by atoms with Crippen molar-refractivity contribution < 1.29 is 17.9 Å². The molecule has 0 atom stereocenters. The summed E-state index contributed by atoms with van der Waals surface area (Å²) in [6.07, 6.45) is -0.473. The van der Waals surface area contributed by atoms with Gasteiger partial charge in [0.15, 0.2) is 0 Å². The molecule has 0 aliphatic carbocycles. The number of rotatable bonds is 0. The number of carbonyl (C=O) groups is 1. The van der Waals surface area contributed by atoms with Crippen molar-refractivity contribution in [1.29, 1.82) is 0 Å². The summed E-state index contributed by atoms with van der Waals surface area (Å²) in [5.41, 5.74) is 0. The molecule has 0 spiro atoms. The lowest BCUT2D eigenvalue weighted by atomic mass is 11.2. The van der Waals surface area contributed by atoms with Crippen molar-refractivity contribution in [2.75, 3.05) is 0 Å². The van der Waals surface area contributed by atoms with Crippen LogP contribution >= 0.6 is 0 Å². The fraction of sp³-hybridized carbons (Fsp3) is 0. The van der Waals surface area contributed by atoms with Gasteiger partial charge in [-0.15, -0.1) is 4.40 Å². The molecule has 0 aromatic rings. The topological polar surface area (TPSA) is 84.8 Å². The first-order chi connectivity index (χ1) is 4.10. The van der Waals surface area contributed by atoms with E-state index in [9.17, 15) is 13.2 Å². The Bertz CT molecular complexity index is 252. The van der Waals surface area contributed by atoms with Gasteiger partial charge in [-0.05, 0) is 0 Å². The number of cyclic esters (lactones) is 1. The zero-order valence-corrected chi connectivity index (χ0v) is 4.88. The van der Waals surface area contributed by atoms with E-state index in [2.05, 4.69) is 9.13 Å². The molecule has 7 heteroatoms. The number of carbonyl (C=O) groups excluding carboxylic acids is 1. The maximum atomic E-state index is 10.3. The molecule has 0 radical (unpaired) electrons. The number of hydrogen-bond donors (Lipinski definition) is 1. The van der Waals surface area contributed by atoms with Crippen LogP contribution < -0.4 is 4.72 Å². The molecule has 1 aliphatic heterocycles. The van der Waals surface area contributed by atoms with Gasteiger partial charge in [0.25, 0.3) is 0 Å². The van der Waals surface area contributed by atoms with Crippen molar-refractivity contribution in [1.82, 2.24) is 4.72 Å². The average Bonchev–Trinajstić information content (AvgIpc) is 1.60. The molecule has 0 aromatic heterocycles. The predicted molar refractivity (Wildman–Crippen MR) is 27.0 cm³/mol. The zero-order chi connectivity index (χ0) is 6.91. The van der Waals surface area contributed by atoms with Crippen molar-refractivity contribution in [3.05, 3.63) is 0 Å². The van der Waals surface area contributed by atoms with Gasteiger partial charge in [-0.25, -0.2) is 4.79 Å². The summed E-state index contributed by atoms with van der Waals surface area (Å²) in [4.78, 5) is 10.1. The third-order valence-corrected chi connectivity index (χ3v) is 1.34. The van der Waals surface area contributed by atoms with Crippen LogP contribution in [0.15, 0.2) is 4.40 Å². The highest BCUT2D eigenvalue weighted by atomic mass is 32.2. The monoisotopic (exact) mass is 150 g/mol. The van der Waals surface area contributed by atoms with Gasteiger partial charge in [-0.2, -0.15) is 13.1 Å². The Balaban J connectivity index is 2.97. The molecule has 0 bridgehead atoms. The second-order valence-corrected chi connectivity index (χ2v) is 2.56. The van der Waals surface area contributed by atoms with E-state index in [0.717, 1.165) is 0 Å². The third-order valence-electron chi connectivity index (χ3n) is 0.554. The van der Waals surface area contributed by atoms with E-state index in [1.54, 1.807) is 0 Å². The SMILES string of the molecule is O=C1NS(=O)(=O)N=CO1. The van der Waals surface area contributed by atoms with Gasteiger partial charge in [0.1, 0.15) is 0 Å². The van der Waals surface area contributed by atoms with Crippen molar-refractivity contribution >= 4 is 22.7 Å². The largest absolute Gasteiger partial charge is 0.428 e. The van der Waals surface area contributed by atoms with Gasteiger partial charge >= 0.3 is 16.3 Å². The smallest absolute Gasteiger partial charge is 0.397 e. The first-order valence-electron chi connectivity index (χ1n) is 1.87. The van der Waals surface area contributed by atoms with Crippen LogP contribution in [0.4, 0.5) is 4.79 Å². The molecule has 0 unspecified atom stereocenters. The number of hydrogen-bond acceptors (Lipinski definition) is 4. The minimum atomic E-state index is -3.79. The van der Waals surface area contributed by atoms with Gasteiger partial charge in [-0.1, -0.05) is 0 Å². The molecular formula is C2H2N2O4S. The van der Waals surface area contributed by atoms with E-state index in [4.69, 9.17) is 0 Å². The molecule has 9 heavy (non-hydrogen) atoms. The van der Waals surface area contributed by atoms with Crippen LogP contribution in [-0.4, -0.2) is 20.9 Å². The first-order valence-corrected chi connectivity index (χ1v) is 3.31. The van der Waals surface area contributed by atoms with E-state index in [-0.39, 0.29) is 0 Å². The lowest BCUT2D eigenvalue weighted by Gasteiger charge is -2.03. The Hall–Kier alpha value is -1.11. The Morgan fingerprint density at radius 3 is 2.67 bits per heavy atom. The Kier molecular flexibility index (Phi) is 1.13. The normalized spacial score (nSPS) is 22.4. The predicted octanol–water partition coefficient (Wildman–Crippen LogP) is -1.00. The molecule has 1 N–H and O–H groups in total. The second kappa shape index (κ2) is 1.69. The summed E-state index contributed by atoms with van der Waals surface area (Å²) < 4.78 is 28.8. The standard InChI is InChI=1S/C2H2N2O4S/c5-2-4-9(6,7)3-1-8-2/h1H,(H,4,5). The van der Waals surface area contributed by atoms with Crippen LogP contribution in [0.1, 0.15) is 0 Å². The Morgan fingerprint density at radius 1 is 1.67 bits per heavy atom. The van der Waals surface area contributed by atoms with E-state index < -0.39 is 16.3 Å². The number of ether oxygens (including phenoxy) is 1. The molecule has 1 amide bonds. The molecule has 0 aromatic carbocycles. The summed E-state index contributed by atoms with van der Waals surface area (Å²) in [6, 6.07) is 0. The highest BCUT2D eigenvalue weighted by molar-refractivity contribution is 7.88. The summed E-state index contributed by atoms with van der Waals surface area (Å²) in [5, 5.41) is 0. The molecule has 6 nitrogen and oxygen atoms in total. The van der Waals surface area contributed by atoms with Crippen LogP contribution in [0, 0.1) is 0 Å². The van der Waals surface area contributed by atoms with Crippen LogP contribution in [0.3, 0.4) is 0 Å². The summed E-state index contributed by atoms with van der Waals surface area (Å²) in [5.74, 6) is 0. The molecule has 1 aliphatic rings. The molecule has 0 saturated carbocycles. The van der Waals surface area contributed by atoms with Crippen molar-refractivity contribution in [2.45, 2.75) is 0 Å². The minimum absolute atomic E-state index is 0.564. The van der Waals surface area contributed by atoms with Gasteiger partial charge in [0.05, 0.1) is 0 Å². The maximum Gasteiger partial charge on any atom is 0.428 e. The summed E-state index contributed by atoms with van der Waals surface area (Å²) >= 11 is 0. The van der Waals surface area contributed by atoms with E-state index >= 15 is 0 Å². The number of nitrogens with one attached hydrogen (secondary N) is 1. The van der Waals surface area contributed by atoms with Crippen LogP contribution in [0.5, 0.6) is 0 Å². The van der Waals surface area contributed by atoms with Gasteiger partial charge in [-0.3, -0.25) is 0 Å². The van der Waals surface area contributed by atoms with Gasteiger partial charge < -0.3 is 4.74 Å². The Labute approximate surface area is 50.7 Å². The Morgan fingerprint density at radius 2 is 2.33 bits per heavy atom. The van der Waals surface area contributed by atoms with Gasteiger partial charge in [0.2, 0.25) is 6.40 Å². The minimum Gasteiger partial charge on any atom is -0.397 e. The van der Waals surface area contributed by atoms with Crippen LogP contribution in [-0.2, 0) is 14.9 Å².